The lowest BCUT2D eigenvalue weighted by molar-refractivity contribution is 0.0322. The molecule has 0 spiro atoms. The molecule has 3 rings (SSSR count). The Balaban J connectivity index is 1.45. The molecule has 5 nitrogen and oxygen atoms in total. The van der Waals surface area contributed by atoms with E-state index in [1.165, 1.54) is 0 Å². The summed E-state index contributed by atoms with van der Waals surface area (Å²) in [4.78, 5) is 2.36. The minimum Gasteiger partial charge on any atom is -0.492 e. The molecule has 0 radical (unpaired) electrons. The molecule has 0 atom stereocenters. The number of rotatable bonds is 5. The van der Waals surface area contributed by atoms with Crippen molar-refractivity contribution in [2.45, 2.75) is 19.4 Å². The number of morpholine rings is 1. The first-order chi connectivity index (χ1) is 10.6. The lowest BCUT2D eigenvalue weighted by atomic mass is 9.79. The van der Waals surface area contributed by atoms with Gasteiger partial charge >= 0.3 is 7.12 Å². The highest BCUT2D eigenvalue weighted by Gasteiger charge is 2.37. The molecule has 0 aliphatic carbocycles. The summed E-state index contributed by atoms with van der Waals surface area (Å²) < 4.78 is 22.7. The van der Waals surface area contributed by atoms with Crippen LogP contribution in [0.3, 0.4) is 0 Å². The van der Waals surface area contributed by atoms with E-state index in [4.69, 9.17) is 18.8 Å². The van der Waals surface area contributed by atoms with E-state index in [1.54, 1.807) is 0 Å². The standard InChI is InChI=1S/C16H24BNO4/c1-16(2)13-21-17(22-16)14-3-5-15(6-4-14)20-12-9-18-7-10-19-11-8-18/h3-6H,7-13H2,1-2H3. The number of hydrogen-bond donors (Lipinski definition) is 0. The van der Waals surface area contributed by atoms with Crippen LogP contribution in [0.4, 0.5) is 0 Å². The van der Waals surface area contributed by atoms with Gasteiger partial charge < -0.3 is 18.8 Å². The molecular weight excluding hydrogens is 281 g/mol. The van der Waals surface area contributed by atoms with Crippen LogP contribution in [0.25, 0.3) is 0 Å². The summed E-state index contributed by atoms with van der Waals surface area (Å²) in [7, 11) is -0.266. The third-order valence-corrected chi connectivity index (χ3v) is 3.94. The Morgan fingerprint density at radius 1 is 1.18 bits per heavy atom. The van der Waals surface area contributed by atoms with E-state index in [2.05, 4.69) is 4.90 Å². The van der Waals surface area contributed by atoms with Gasteiger partial charge in [-0.1, -0.05) is 12.1 Å². The molecule has 22 heavy (non-hydrogen) atoms. The van der Waals surface area contributed by atoms with Crippen LogP contribution < -0.4 is 10.2 Å². The van der Waals surface area contributed by atoms with Crippen molar-refractivity contribution in [2.24, 2.45) is 0 Å². The second kappa shape index (κ2) is 7.00. The second-order valence-corrected chi connectivity index (χ2v) is 6.39. The topological polar surface area (TPSA) is 40.2 Å². The lowest BCUT2D eigenvalue weighted by Crippen LogP contribution is -2.38. The van der Waals surface area contributed by atoms with Crippen molar-refractivity contribution in [3.8, 4) is 5.75 Å². The van der Waals surface area contributed by atoms with Crippen LogP contribution >= 0.6 is 0 Å². The molecule has 0 unspecified atom stereocenters. The average molecular weight is 305 g/mol. The Morgan fingerprint density at radius 3 is 2.55 bits per heavy atom. The van der Waals surface area contributed by atoms with Crippen LogP contribution in [0.2, 0.25) is 0 Å². The number of ether oxygens (including phenoxy) is 2. The Hall–Kier alpha value is -1.08. The largest absolute Gasteiger partial charge is 0.494 e. The fourth-order valence-electron chi connectivity index (χ4n) is 2.64. The summed E-state index contributed by atoms with van der Waals surface area (Å²) in [6.07, 6.45) is 0. The summed E-state index contributed by atoms with van der Waals surface area (Å²) in [5.41, 5.74) is 0.823. The molecule has 0 amide bonds. The van der Waals surface area contributed by atoms with Gasteiger partial charge in [-0.25, -0.2) is 0 Å². The van der Waals surface area contributed by atoms with E-state index in [9.17, 15) is 0 Å². The number of benzene rings is 1. The molecule has 120 valence electrons. The molecule has 2 heterocycles. The first-order valence-electron chi connectivity index (χ1n) is 7.95. The fraction of sp³-hybridized carbons (Fsp3) is 0.625. The van der Waals surface area contributed by atoms with Gasteiger partial charge in [0.15, 0.2) is 0 Å². The molecule has 1 aromatic carbocycles. The zero-order chi connectivity index (χ0) is 15.4. The van der Waals surface area contributed by atoms with E-state index >= 15 is 0 Å². The van der Waals surface area contributed by atoms with Crippen LogP contribution in [0.5, 0.6) is 5.75 Å². The van der Waals surface area contributed by atoms with E-state index in [0.29, 0.717) is 13.2 Å². The molecule has 2 aliphatic heterocycles. The van der Waals surface area contributed by atoms with Gasteiger partial charge in [-0.05, 0) is 31.4 Å². The molecule has 2 saturated heterocycles. The maximum absolute atomic E-state index is 5.85. The van der Waals surface area contributed by atoms with E-state index < -0.39 is 0 Å². The zero-order valence-corrected chi connectivity index (χ0v) is 13.4. The SMILES string of the molecule is CC1(C)COB(c2ccc(OCCN3CCOCC3)cc2)O1. The molecule has 1 aromatic rings. The third kappa shape index (κ3) is 4.23. The first-order valence-corrected chi connectivity index (χ1v) is 7.95. The highest BCUT2D eigenvalue weighted by atomic mass is 16.7. The van der Waals surface area contributed by atoms with Crippen molar-refractivity contribution in [2.75, 3.05) is 46.1 Å². The quantitative estimate of drug-likeness (QED) is 0.757. The third-order valence-electron chi connectivity index (χ3n) is 3.94. The normalized spacial score (nSPS) is 22.0. The summed E-state index contributed by atoms with van der Waals surface area (Å²) in [5.74, 6) is 0.884. The van der Waals surface area contributed by atoms with Gasteiger partial charge in [-0.15, -0.1) is 0 Å². The number of hydrogen-bond acceptors (Lipinski definition) is 5. The molecule has 0 bridgehead atoms. The summed E-state index contributed by atoms with van der Waals surface area (Å²) >= 11 is 0. The Labute approximate surface area is 132 Å². The maximum Gasteiger partial charge on any atom is 0.494 e. The summed E-state index contributed by atoms with van der Waals surface area (Å²) in [5, 5.41) is 0. The number of nitrogens with zero attached hydrogens (tertiary/aromatic N) is 1. The summed E-state index contributed by atoms with van der Waals surface area (Å²) in [6.45, 7) is 9.97. The van der Waals surface area contributed by atoms with Crippen molar-refractivity contribution in [1.29, 1.82) is 0 Å². The van der Waals surface area contributed by atoms with Crippen LogP contribution in [-0.4, -0.2) is 63.7 Å². The molecule has 0 saturated carbocycles. The van der Waals surface area contributed by atoms with Crippen LogP contribution in [0.15, 0.2) is 24.3 Å². The zero-order valence-electron chi connectivity index (χ0n) is 13.4. The maximum atomic E-state index is 5.85. The van der Waals surface area contributed by atoms with Crippen molar-refractivity contribution in [1.82, 2.24) is 4.90 Å². The van der Waals surface area contributed by atoms with Crippen molar-refractivity contribution >= 4 is 12.6 Å². The first kappa shape index (κ1) is 15.8. The van der Waals surface area contributed by atoms with Crippen LogP contribution in [-0.2, 0) is 14.0 Å². The average Bonchev–Trinajstić information content (AvgIpc) is 2.89. The van der Waals surface area contributed by atoms with Gasteiger partial charge in [0.05, 0.1) is 25.4 Å². The predicted molar refractivity (Wildman–Crippen MR) is 85.7 cm³/mol. The highest BCUT2D eigenvalue weighted by Crippen LogP contribution is 2.20. The highest BCUT2D eigenvalue weighted by molar-refractivity contribution is 6.61. The Morgan fingerprint density at radius 2 is 1.91 bits per heavy atom. The monoisotopic (exact) mass is 305 g/mol. The van der Waals surface area contributed by atoms with E-state index in [-0.39, 0.29) is 12.7 Å². The second-order valence-electron chi connectivity index (χ2n) is 6.39. The van der Waals surface area contributed by atoms with Gasteiger partial charge in [-0.2, -0.15) is 0 Å². The minimum absolute atomic E-state index is 0.210. The molecule has 6 heteroatoms. The van der Waals surface area contributed by atoms with Gasteiger partial charge in [0.2, 0.25) is 0 Å². The van der Waals surface area contributed by atoms with Crippen molar-refractivity contribution in [3.05, 3.63) is 24.3 Å². The molecule has 2 aliphatic rings. The summed E-state index contributed by atoms with van der Waals surface area (Å²) in [6, 6.07) is 7.98. The molecule has 2 fully saturated rings. The van der Waals surface area contributed by atoms with Crippen molar-refractivity contribution in [3.63, 3.8) is 0 Å². The smallest absolute Gasteiger partial charge is 0.492 e. The van der Waals surface area contributed by atoms with Crippen LogP contribution in [0.1, 0.15) is 13.8 Å². The van der Waals surface area contributed by atoms with Gasteiger partial charge in [0.1, 0.15) is 12.4 Å². The Kier molecular flexibility index (Phi) is 5.03. The van der Waals surface area contributed by atoms with Gasteiger partial charge in [0, 0.05) is 19.6 Å². The minimum atomic E-state index is -0.266. The van der Waals surface area contributed by atoms with Crippen LogP contribution in [0, 0.1) is 0 Å². The molecule has 0 aromatic heterocycles. The van der Waals surface area contributed by atoms with Gasteiger partial charge in [0.25, 0.3) is 0 Å². The Bertz CT molecular complexity index is 474. The van der Waals surface area contributed by atoms with Gasteiger partial charge in [-0.3, -0.25) is 4.90 Å². The molecule has 0 N–H and O–H groups in total. The fourth-order valence-corrected chi connectivity index (χ4v) is 2.64. The molecular formula is C16H24BNO4. The van der Waals surface area contributed by atoms with E-state index in [0.717, 1.165) is 44.1 Å². The van der Waals surface area contributed by atoms with Crippen molar-refractivity contribution < 1.29 is 18.8 Å². The lowest BCUT2D eigenvalue weighted by Gasteiger charge is -2.26. The van der Waals surface area contributed by atoms with E-state index in [1.807, 2.05) is 38.1 Å². The predicted octanol–water partition coefficient (Wildman–Crippen LogP) is 0.918.